The molecule has 0 spiro atoms. The zero-order valence-electron chi connectivity index (χ0n) is 14.0. The van der Waals surface area contributed by atoms with Crippen molar-refractivity contribution in [3.8, 4) is 0 Å². The molecule has 2 heterocycles. The Bertz CT molecular complexity index is 505. The van der Waals surface area contributed by atoms with E-state index in [1.54, 1.807) is 23.5 Å². The van der Waals surface area contributed by atoms with E-state index in [0.29, 0.717) is 0 Å². The van der Waals surface area contributed by atoms with Gasteiger partial charge in [0.15, 0.2) is 0 Å². The summed E-state index contributed by atoms with van der Waals surface area (Å²) < 4.78 is 0. The van der Waals surface area contributed by atoms with E-state index >= 15 is 0 Å². The van der Waals surface area contributed by atoms with Gasteiger partial charge < -0.3 is 0 Å². The average Bonchev–Trinajstić information content (AvgIpc) is 3.22. The van der Waals surface area contributed by atoms with Crippen LogP contribution in [0, 0.1) is 0 Å². The first-order chi connectivity index (χ1) is 11.3. The number of H-pyrrole nitrogens is 2. The molecule has 128 valence electrons. The van der Waals surface area contributed by atoms with E-state index < -0.39 is 0 Å². The Morgan fingerprint density at radius 1 is 0.652 bits per heavy atom. The van der Waals surface area contributed by atoms with Gasteiger partial charge in [0.25, 0.3) is 0 Å². The van der Waals surface area contributed by atoms with Crippen molar-refractivity contribution in [3.05, 3.63) is 11.6 Å². The largest absolute Gasteiger partial charge is 0.262 e. The van der Waals surface area contributed by atoms with Crippen LogP contribution in [0.1, 0.15) is 56.6 Å². The highest BCUT2D eigenvalue weighted by molar-refractivity contribution is 7.98. The number of aromatic nitrogens is 6. The molecule has 2 N–H and O–H groups in total. The van der Waals surface area contributed by atoms with Crippen LogP contribution in [-0.4, -0.2) is 42.9 Å². The van der Waals surface area contributed by atoms with Crippen LogP contribution in [0.15, 0.2) is 10.3 Å². The summed E-state index contributed by atoms with van der Waals surface area (Å²) in [5.74, 6) is 2.04. The highest BCUT2D eigenvalue weighted by Crippen LogP contribution is 2.13. The van der Waals surface area contributed by atoms with Crippen molar-refractivity contribution >= 4 is 23.5 Å². The van der Waals surface area contributed by atoms with E-state index in [-0.39, 0.29) is 0 Å². The van der Waals surface area contributed by atoms with E-state index in [0.717, 1.165) is 34.8 Å². The molecule has 2 aromatic rings. The van der Waals surface area contributed by atoms with Crippen LogP contribution in [0.2, 0.25) is 0 Å². The number of aromatic amines is 2. The molecule has 0 aliphatic rings. The zero-order chi connectivity index (χ0) is 16.3. The van der Waals surface area contributed by atoms with Crippen molar-refractivity contribution in [2.24, 2.45) is 0 Å². The maximum atomic E-state index is 4.40. The summed E-state index contributed by atoms with van der Waals surface area (Å²) in [4.78, 5) is 8.81. The molecular formula is C15H26N6S2. The maximum Gasteiger partial charge on any atom is 0.208 e. The van der Waals surface area contributed by atoms with Gasteiger partial charge in [-0.15, -0.1) is 10.2 Å². The molecule has 0 atom stereocenters. The molecule has 0 saturated heterocycles. The Labute approximate surface area is 146 Å². The number of thioether (sulfide) groups is 2. The van der Waals surface area contributed by atoms with Gasteiger partial charge in [0.05, 0.1) is 0 Å². The third-order valence-electron chi connectivity index (χ3n) is 3.71. The van der Waals surface area contributed by atoms with Crippen molar-refractivity contribution in [2.75, 3.05) is 12.5 Å². The first-order valence-electron chi connectivity index (χ1n) is 8.22. The van der Waals surface area contributed by atoms with Crippen LogP contribution < -0.4 is 0 Å². The minimum absolute atomic E-state index is 0.844. The Morgan fingerprint density at radius 2 is 1.04 bits per heavy atom. The number of nitrogens with one attached hydrogen (secondary N) is 2. The summed E-state index contributed by atoms with van der Waals surface area (Å²) >= 11 is 3.16. The Morgan fingerprint density at radius 3 is 1.39 bits per heavy atom. The SMILES string of the molecule is CSc1n[nH]c(CCCCCCCCCc2nc(SC)n[nH]2)n1. The van der Waals surface area contributed by atoms with Crippen LogP contribution in [0.4, 0.5) is 0 Å². The lowest BCUT2D eigenvalue weighted by Gasteiger charge is -2.01. The summed E-state index contributed by atoms with van der Waals surface area (Å²) in [6.07, 6.45) is 14.9. The fourth-order valence-electron chi connectivity index (χ4n) is 2.43. The molecule has 0 unspecified atom stereocenters. The first-order valence-corrected chi connectivity index (χ1v) is 10.7. The average molecular weight is 355 g/mol. The zero-order valence-corrected chi connectivity index (χ0v) is 15.6. The molecule has 0 amide bonds. The predicted octanol–water partition coefficient (Wildman–Crippen LogP) is 3.88. The molecule has 2 rings (SSSR count). The number of hydrogen-bond acceptors (Lipinski definition) is 6. The minimum atomic E-state index is 0.844. The predicted molar refractivity (Wildman–Crippen MR) is 96.1 cm³/mol. The quantitative estimate of drug-likeness (QED) is 0.444. The van der Waals surface area contributed by atoms with Gasteiger partial charge >= 0.3 is 0 Å². The molecule has 6 nitrogen and oxygen atoms in total. The third-order valence-corrected chi connectivity index (χ3v) is 4.81. The fourth-order valence-corrected chi connectivity index (χ4v) is 3.11. The van der Waals surface area contributed by atoms with Crippen molar-refractivity contribution in [1.82, 2.24) is 30.4 Å². The van der Waals surface area contributed by atoms with Crippen LogP contribution in [0.3, 0.4) is 0 Å². The summed E-state index contributed by atoms with van der Waals surface area (Å²) in [5.41, 5.74) is 0. The Hall–Kier alpha value is -1.02. The molecule has 0 bridgehead atoms. The minimum Gasteiger partial charge on any atom is -0.262 e. The summed E-state index contributed by atoms with van der Waals surface area (Å²) in [6, 6.07) is 0. The second kappa shape index (κ2) is 10.7. The van der Waals surface area contributed by atoms with Crippen molar-refractivity contribution in [2.45, 2.75) is 68.1 Å². The van der Waals surface area contributed by atoms with E-state index in [9.17, 15) is 0 Å². The molecule has 0 aliphatic carbocycles. The Kier molecular flexibility index (Phi) is 8.52. The lowest BCUT2D eigenvalue weighted by atomic mass is 10.1. The third kappa shape index (κ3) is 6.95. The van der Waals surface area contributed by atoms with Gasteiger partial charge in [-0.1, -0.05) is 55.6 Å². The van der Waals surface area contributed by atoms with Gasteiger partial charge in [0.1, 0.15) is 11.6 Å². The molecule has 0 aliphatic heterocycles. The molecular weight excluding hydrogens is 328 g/mol. The van der Waals surface area contributed by atoms with E-state index in [2.05, 4.69) is 30.4 Å². The molecule has 0 fully saturated rings. The summed E-state index contributed by atoms with van der Waals surface area (Å²) in [7, 11) is 0. The number of rotatable bonds is 12. The summed E-state index contributed by atoms with van der Waals surface area (Å²) in [6.45, 7) is 0. The van der Waals surface area contributed by atoms with Crippen LogP contribution in [-0.2, 0) is 12.8 Å². The standard InChI is InChI=1S/C15H26N6S2/c1-22-14-16-12(18-20-14)10-8-6-4-3-5-7-9-11-13-17-15(23-2)21-19-13/h3-11H2,1-2H3,(H,16,18,20)(H,17,19,21). The van der Waals surface area contributed by atoms with E-state index in [1.807, 2.05) is 12.5 Å². The fraction of sp³-hybridized carbons (Fsp3) is 0.733. The molecule has 0 aromatic carbocycles. The molecule has 0 radical (unpaired) electrons. The normalized spacial score (nSPS) is 11.2. The van der Waals surface area contributed by atoms with Gasteiger partial charge in [0.2, 0.25) is 10.3 Å². The summed E-state index contributed by atoms with van der Waals surface area (Å²) in [5, 5.41) is 15.9. The smallest absolute Gasteiger partial charge is 0.208 e. The van der Waals surface area contributed by atoms with Gasteiger partial charge in [-0.25, -0.2) is 9.97 Å². The van der Waals surface area contributed by atoms with Crippen molar-refractivity contribution in [1.29, 1.82) is 0 Å². The van der Waals surface area contributed by atoms with Crippen LogP contribution in [0.5, 0.6) is 0 Å². The second-order valence-electron chi connectivity index (χ2n) is 5.51. The number of unbranched alkanes of at least 4 members (excludes halogenated alkanes) is 6. The molecule has 2 aromatic heterocycles. The monoisotopic (exact) mass is 354 g/mol. The Balaban J connectivity index is 1.42. The van der Waals surface area contributed by atoms with Gasteiger partial charge in [-0.05, 0) is 25.4 Å². The first kappa shape index (κ1) is 18.3. The molecule has 8 heteroatoms. The lowest BCUT2D eigenvalue weighted by molar-refractivity contribution is 0.572. The van der Waals surface area contributed by atoms with Gasteiger partial charge in [0, 0.05) is 12.8 Å². The van der Waals surface area contributed by atoms with E-state index in [4.69, 9.17) is 0 Å². The van der Waals surface area contributed by atoms with Crippen molar-refractivity contribution in [3.63, 3.8) is 0 Å². The highest BCUT2D eigenvalue weighted by atomic mass is 32.2. The van der Waals surface area contributed by atoms with Gasteiger partial charge in [-0.3, -0.25) is 10.2 Å². The topological polar surface area (TPSA) is 83.1 Å². The number of nitrogens with zero attached hydrogens (tertiary/aromatic N) is 4. The van der Waals surface area contributed by atoms with Gasteiger partial charge in [-0.2, -0.15) is 0 Å². The second-order valence-corrected chi connectivity index (χ2v) is 7.06. The van der Waals surface area contributed by atoms with Crippen LogP contribution in [0.25, 0.3) is 0 Å². The number of hydrogen-bond donors (Lipinski definition) is 2. The van der Waals surface area contributed by atoms with E-state index in [1.165, 1.54) is 44.9 Å². The van der Waals surface area contributed by atoms with Crippen molar-refractivity contribution < 1.29 is 0 Å². The maximum absolute atomic E-state index is 4.40. The lowest BCUT2D eigenvalue weighted by Crippen LogP contribution is -1.90. The van der Waals surface area contributed by atoms with Crippen LogP contribution >= 0.6 is 23.5 Å². The highest BCUT2D eigenvalue weighted by Gasteiger charge is 2.02. The number of aryl methyl sites for hydroxylation is 2. The molecule has 0 saturated carbocycles. The molecule has 23 heavy (non-hydrogen) atoms.